The number of hydrogen-bond acceptors (Lipinski definition) is 7. The average molecular weight is 448 g/mol. The van der Waals surface area contributed by atoms with Gasteiger partial charge in [-0.1, -0.05) is 0 Å². The standard InChI is InChI=1S/C23H33N3O4S/c1-7-29-19-10-8-17(9-11-19)22-24-18(16-31-22)14-20(27)26(13-12-25(5)6)15-21(28)30-23(2,3)4/h8-11,16H,7,12-15H2,1-6H3. The molecule has 0 atom stereocenters. The van der Waals surface area contributed by atoms with E-state index in [1.807, 2.05) is 76.3 Å². The molecule has 0 aliphatic carbocycles. The van der Waals surface area contributed by atoms with Gasteiger partial charge in [-0.25, -0.2) is 4.98 Å². The van der Waals surface area contributed by atoms with Gasteiger partial charge in [0.25, 0.3) is 0 Å². The van der Waals surface area contributed by atoms with E-state index in [2.05, 4.69) is 4.98 Å². The number of esters is 1. The van der Waals surface area contributed by atoms with Crippen LogP contribution < -0.4 is 4.74 Å². The number of hydrogen-bond donors (Lipinski definition) is 0. The highest BCUT2D eigenvalue weighted by Gasteiger charge is 2.23. The van der Waals surface area contributed by atoms with E-state index < -0.39 is 11.6 Å². The Hall–Kier alpha value is -2.45. The van der Waals surface area contributed by atoms with Crippen LogP contribution >= 0.6 is 11.3 Å². The Morgan fingerprint density at radius 3 is 2.35 bits per heavy atom. The van der Waals surface area contributed by atoms with Gasteiger partial charge in [-0.2, -0.15) is 0 Å². The first-order valence-electron chi connectivity index (χ1n) is 10.4. The SMILES string of the molecule is CCOc1ccc(-c2nc(CC(=O)N(CCN(C)C)CC(=O)OC(C)(C)C)cs2)cc1. The van der Waals surface area contributed by atoms with E-state index in [1.165, 1.54) is 11.3 Å². The van der Waals surface area contributed by atoms with Gasteiger partial charge in [-0.15, -0.1) is 11.3 Å². The first-order valence-corrected chi connectivity index (χ1v) is 11.3. The lowest BCUT2D eigenvalue weighted by molar-refractivity contribution is -0.158. The summed E-state index contributed by atoms with van der Waals surface area (Å²) in [5, 5.41) is 2.74. The number of carbonyl (C=O) groups excluding carboxylic acids is 2. The van der Waals surface area contributed by atoms with Crippen molar-refractivity contribution in [3.8, 4) is 16.3 Å². The summed E-state index contributed by atoms with van der Waals surface area (Å²) in [5.41, 5.74) is 1.08. The average Bonchev–Trinajstić information content (AvgIpc) is 3.12. The number of carbonyl (C=O) groups is 2. The second-order valence-corrected chi connectivity index (χ2v) is 9.34. The molecule has 1 heterocycles. The Morgan fingerprint density at radius 1 is 1.10 bits per heavy atom. The molecule has 0 bridgehead atoms. The molecule has 0 unspecified atom stereocenters. The van der Waals surface area contributed by atoms with Gasteiger partial charge in [-0.05, 0) is 66.1 Å². The maximum absolute atomic E-state index is 12.9. The van der Waals surface area contributed by atoms with Crippen molar-refractivity contribution in [2.75, 3.05) is 40.3 Å². The summed E-state index contributed by atoms with van der Waals surface area (Å²) in [5.74, 6) is 0.265. The quantitative estimate of drug-likeness (QED) is 0.519. The monoisotopic (exact) mass is 447 g/mol. The third kappa shape index (κ3) is 8.67. The first kappa shape index (κ1) is 24.8. The van der Waals surface area contributed by atoms with E-state index >= 15 is 0 Å². The van der Waals surface area contributed by atoms with Crippen LogP contribution in [0.2, 0.25) is 0 Å². The second kappa shape index (κ2) is 11.2. The Bertz CT molecular complexity index is 856. The van der Waals surface area contributed by atoms with Crippen LogP contribution in [0.15, 0.2) is 29.6 Å². The van der Waals surface area contributed by atoms with E-state index in [-0.39, 0.29) is 18.9 Å². The topological polar surface area (TPSA) is 72.0 Å². The predicted molar refractivity (Wildman–Crippen MR) is 123 cm³/mol. The van der Waals surface area contributed by atoms with Crippen molar-refractivity contribution in [2.24, 2.45) is 0 Å². The van der Waals surface area contributed by atoms with Crippen molar-refractivity contribution in [1.29, 1.82) is 0 Å². The van der Waals surface area contributed by atoms with Crippen molar-refractivity contribution in [2.45, 2.75) is 39.7 Å². The number of aromatic nitrogens is 1. The lowest BCUT2D eigenvalue weighted by atomic mass is 10.2. The molecule has 0 spiro atoms. The van der Waals surface area contributed by atoms with Crippen molar-refractivity contribution < 1.29 is 19.1 Å². The molecule has 0 aliphatic rings. The maximum Gasteiger partial charge on any atom is 0.326 e. The lowest BCUT2D eigenvalue weighted by Crippen LogP contribution is -2.42. The Labute approximate surface area is 189 Å². The summed E-state index contributed by atoms with van der Waals surface area (Å²) in [4.78, 5) is 33.4. The third-order valence-electron chi connectivity index (χ3n) is 4.21. The number of benzene rings is 1. The van der Waals surface area contributed by atoms with Crippen LogP contribution in [-0.4, -0.2) is 72.6 Å². The number of rotatable bonds is 10. The minimum Gasteiger partial charge on any atom is -0.494 e. The van der Waals surface area contributed by atoms with Gasteiger partial charge >= 0.3 is 5.97 Å². The smallest absolute Gasteiger partial charge is 0.326 e. The van der Waals surface area contributed by atoms with Crippen LogP contribution in [0.4, 0.5) is 0 Å². The van der Waals surface area contributed by atoms with Crippen LogP contribution in [0.25, 0.3) is 10.6 Å². The van der Waals surface area contributed by atoms with Crippen molar-refractivity contribution in [1.82, 2.24) is 14.8 Å². The fourth-order valence-electron chi connectivity index (χ4n) is 2.79. The minimum atomic E-state index is -0.588. The van der Waals surface area contributed by atoms with Gasteiger partial charge in [0.2, 0.25) is 5.91 Å². The zero-order valence-electron chi connectivity index (χ0n) is 19.3. The fourth-order valence-corrected chi connectivity index (χ4v) is 3.62. The molecule has 1 amide bonds. The molecule has 7 nitrogen and oxygen atoms in total. The summed E-state index contributed by atoms with van der Waals surface area (Å²) in [6.45, 7) is 9.04. The highest BCUT2D eigenvalue weighted by Crippen LogP contribution is 2.26. The van der Waals surface area contributed by atoms with Crippen molar-refractivity contribution in [3.63, 3.8) is 0 Å². The van der Waals surface area contributed by atoms with Crippen molar-refractivity contribution >= 4 is 23.2 Å². The molecule has 1 aromatic heterocycles. The molecule has 0 aliphatic heterocycles. The third-order valence-corrected chi connectivity index (χ3v) is 5.15. The Morgan fingerprint density at radius 2 is 1.77 bits per heavy atom. The number of thiazole rings is 1. The molecule has 0 radical (unpaired) electrons. The highest BCUT2D eigenvalue weighted by atomic mass is 32.1. The van der Waals surface area contributed by atoms with E-state index in [0.29, 0.717) is 25.4 Å². The van der Waals surface area contributed by atoms with E-state index in [9.17, 15) is 9.59 Å². The van der Waals surface area contributed by atoms with E-state index in [4.69, 9.17) is 9.47 Å². The number of nitrogens with zero attached hydrogens (tertiary/aromatic N) is 3. The molecule has 0 saturated carbocycles. The van der Waals surface area contributed by atoms with E-state index in [1.54, 1.807) is 4.90 Å². The Kier molecular flexibility index (Phi) is 9.00. The molecule has 1 aromatic carbocycles. The summed E-state index contributed by atoms with van der Waals surface area (Å²) >= 11 is 1.49. The summed E-state index contributed by atoms with van der Waals surface area (Å²) in [6.07, 6.45) is 0.143. The molecule has 2 aromatic rings. The van der Waals surface area contributed by atoms with Gasteiger partial charge in [0, 0.05) is 24.0 Å². The summed E-state index contributed by atoms with van der Waals surface area (Å²) < 4.78 is 10.9. The number of likely N-dealkylation sites (N-methyl/N-ethyl adjacent to an activating group) is 1. The Balaban J connectivity index is 2.05. The van der Waals surface area contributed by atoms with Crippen LogP contribution in [-0.2, 0) is 20.7 Å². The molecule has 0 N–H and O–H groups in total. The summed E-state index contributed by atoms with van der Waals surface area (Å²) in [6, 6.07) is 7.74. The largest absolute Gasteiger partial charge is 0.494 e. The van der Waals surface area contributed by atoms with Gasteiger partial charge in [0.15, 0.2) is 0 Å². The van der Waals surface area contributed by atoms with Crippen LogP contribution in [0.1, 0.15) is 33.4 Å². The van der Waals surface area contributed by atoms with Gasteiger partial charge in [0.1, 0.15) is 22.9 Å². The second-order valence-electron chi connectivity index (χ2n) is 8.48. The van der Waals surface area contributed by atoms with Crippen molar-refractivity contribution in [3.05, 3.63) is 35.3 Å². The lowest BCUT2D eigenvalue weighted by Gasteiger charge is -2.26. The molecule has 0 fully saturated rings. The van der Waals surface area contributed by atoms with Crippen LogP contribution in [0, 0.1) is 0 Å². The normalized spacial score (nSPS) is 11.5. The predicted octanol–water partition coefficient (Wildman–Crippen LogP) is 3.48. The van der Waals surface area contributed by atoms with Crippen LogP contribution in [0.3, 0.4) is 0 Å². The fraction of sp³-hybridized carbons (Fsp3) is 0.522. The van der Waals surface area contributed by atoms with Gasteiger partial charge < -0.3 is 19.3 Å². The van der Waals surface area contributed by atoms with Gasteiger partial charge in [0.05, 0.1) is 18.7 Å². The summed E-state index contributed by atoms with van der Waals surface area (Å²) in [7, 11) is 3.86. The van der Waals surface area contributed by atoms with E-state index in [0.717, 1.165) is 16.3 Å². The van der Waals surface area contributed by atoms with Crippen LogP contribution in [0.5, 0.6) is 5.75 Å². The molecular weight excluding hydrogens is 414 g/mol. The highest BCUT2D eigenvalue weighted by molar-refractivity contribution is 7.13. The number of amides is 1. The minimum absolute atomic E-state index is 0.0696. The first-order chi connectivity index (χ1) is 14.6. The molecule has 0 saturated heterocycles. The molecular formula is C23H33N3O4S. The molecule has 31 heavy (non-hydrogen) atoms. The zero-order valence-corrected chi connectivity index (χ0v) is 20.1. The zero-order chi connectivity index (χ0) is 23.0. The van der Waals surface area contributed by atoms with Gasteiger partial charge in [-0.3, -0.25) is 9.59 Å². The molecule has 170 valence electrons. The maximum atomic E-state index is 12.9. The molecule has 8 heteroatoms. The number of ether oxygens (including phenoxy) is 2. The molecule has 2 rings (SSSR count).